The Bertz CT molecular complexity index is 598. The predicted octanol–water partition coefficient (Wildman–Crippen LogP) is 4.75. The summed E-state index contributed by atoms with van der Waals surface area (Å²) in [7, 11) is 5.85. The minimum atomic E-state index is 0.225. The number of ether oxygens (including phenoxy) is 1. The van der Waals surface area contributed by atoms with Crippen LogP contribution in [0.3, 0.4) is 0 Å². The SMILES string of the molecule is COc1ccc(CN(C)C)cc1NC(C)c1sccc1Br. The zero-order valence-electron chi connectivity index (χ0n) is 12.8. The summed E-state index contributed by atoms with van der Waals surface area (Å²) in [5.74, 6) is 0.872. The maximum Gasteiger partial charge on any atom is 0.141 e. The van der Waals surface area contributed by atoms with Gasteiger partial charge in [-0.25, -0.2) is 0 Å². The van der Waals surface area contributed by atoms with Crippen molar-refractivity contribution in [3.63, 3.8) is 0 Å². The average Bonchev–Trinajstić information content (AvgIpc) is 2.84. The molecule has 0 saturated carbocycles. The molecule has 1 aromatic heterocycles. The van der Waals surface area contributed by atoms with Gasteiger partial charge in [0, 0.05) is 15.9 Å². The van der Waals surface area contributed by atoms with Crippen LogP contribution in [0, 0.1) is 0 Å². The number of hydrogen-bond donors (Lipinski definition) is 1. The highest BCUT2D eigenvalue weighted by molar-refractivity contribution is 9.10. The van der Waals surface area contributed by atoms with Crippen molar-refractivity contribution >= 4 is 33.0 Å². The third-order valence-corrected chi connectivity index (χ3v) is 5.23. The summed E-state index contributed by atoms with van der Waals surface area (Å²) in [6.45, 7) is 3.07. The molecule has 1 unspecified atom stereocenters. The second-order valence-corrected chi connectivity index (χ2v) is 7.07. The maximum atomic E-state index is 5.47. The number of thiophene rings is 1. The van der Waals surface area contributed by atoms with Gasteiger partial charge in [0.1, 0.15) is 5.75 Å². The Labute approximate surface area is 139 Å². The van der Waals surface area contributed by atoms with E-state index in [1.807, 2.05) is 6.07 Å². The molecule has 0 saturated heterocycles. The molecule has 2 aromatic rings. The number of nitrogens with one attached hydrogen (secondary N) is 1. The molecule has 0 aliphatic rings. The lowest BCUT2D eigenvalue weighted by Crippen LogP contribution is -2.12. The number of anilines is 1. The summed E-state index contributed by atoms with van der Waals surface area (Å²) in [4.78, 5) is 3.44. The molecule has 1 atom stereocenters. The van der Waals surface area contributed by atoms with Gasteiger partial charge in [-0.2, -0.15) is 0 Å². The molecule has 21 heavy (non-hydrogen) atoms. The third kappa shape index (κ3) is 4.22. The van der Waals surface area contributed by atoms with E-state index in [0.717, 1.165) is 22.5 Å². The van der Waals surface area contributed by atoms with Crippen LogP contribution in [0.1, 0.15) is 23.4 Å². The molecule has 1 aromatic carbocycles. The molecular weight excluding hydrogens is 348 g/mol. The van der Waals surface area contributed by atoms with Crippen LogP contribution in [0.15, 0.2) is 34.1 Å². The molecule has 0 aliphatic carbocycles. The molecular formula is C16H21BrN2OS. The van der Waals surface area contributed by atoms with E-state index in [-0.39, 0.29) is 6.04 Å². The van der Waals surface area contributed by atoms with Crippen LogP contribution in [0.25, 0.3) is 0 Å². The van der Waals surface area contributed by atoms with Crippen molar-refractivity contribution in [1.82, 2.24) is 4.90 Å². The first-order chi connectivity index (χ1) is 10.0. The molecule has 0 aliphatic heterocycles. The van der Waals surface area contributed by atoms with Crippen molar-refractivity contribution in [2.24, 2.45) is 0 Å². The van der Waals surface area contributed by atoms with Gasteiger partial charge in [-0.1, -0.05) is 6.07 Å². The highest BCUT2D eigenvalue weighted by atomic mass is 79.9. The fourth-order valence-corrected chi connectivity index (χ4v) is 3.97. The normalized spacial score (nSPS) is 12.5. The van der Waals surface area contributed by atoms with Gasteiger partial charge in [0.05, 0.1) is 18.8 Å². The molecule has 3 nitrogen and oxygen atoms in total. The smallest absolute Gasteiger partial charge is 0.141 e. The second kappa shape index (κ2) is 7.29. The van der Waals surface area contributed by atoms with E-state index >= 15 is 0 Å². The van der Waals surface area contributed by atoms with Crippen LogP contribution in [0.5, 0.6) is 5.75 Å². The van der Waals surface area contributed by atoms with Crippen LogP contribution in [-0.4, -0.2) is 26.1 Å². The van der Waals surface area contributed by atoms with E-state index in [2.05, 4.69) is 70.7 Å². The van der Waals surface area contributed by atoms with Crippen molar-refractivity contribution in [2.75, 3.05) is 26.5 Å². The van der Waals surface area contributed by atoms with Crippen molar-refractivity contribution in [3.05, 3.63) is 44.6 Å². The van der Waals surface area contributed by atoms with E-state index in [1.165, 1.54) is 10.4 Å². The van der Waals surface area contributed by atoms with Gasteiger partial charge in [-0.15, -0.1) is 11.3 Å². The Morgan fingerprint density at radius 2 is 2.10 bits per heavy atom. The summed E-state index contributed by atoms with van der Waals surface area (Å²) in [6.07, 6.45) is 0. The molecule has 0 spiro atoms. The van der Waals surface area contributed by atoms with Gasteiger partial charge < -0.3 is 15.0 Å². The maximum absolute atomic E-state index is 5.47. The number of hydrogen-bond acceptors (Lipinski definition) is 4. The van der Waals surface area contributed by atoms with Crippen LogP contribution in [0.2, 0.25) is 0 Å². The Kier molecular flexibility index (Phi) is 5.67. The van der Waals surface area contributed by atoms with E-state index in [4.69, 9.17) is 4.74 Å². The van der Waals surface area contributed by atoms with Crippen molar-refractivity contribution in [2.45, 2.75) is 19.5 Å². The van der Waals surface area contributed by atoms with Gasteiger partial charge in [-0.3, -0.25) is 0 Å². The Hall–Kier alpha value is -1.04. The first kappa shape index (κ1) is 16.3. The molecule has 0 fully saturated rings. The van der Waals surface area contributed by atoms with Crippen LogP contribution < -0.4 is 10.1 Å². The topological polar surface area (TPSA) is 24.5 Å². The lowest BCUT2D eigenvalue weighted by atomic mass is 10.1. The lowest BCUT2D eigenvalue weighted by molar-refractivity contribution is 0.400. The molecule has 5 heteroatoms. The first-order valence-corrected chi connectivity index (χ1v) is 8.49. The second-order valence-electron chi connectivity index (χ2n) is 5.27. The fraction of sp³-hybridized carbons (Fsp3) is 0.375. The Balaban J connectivity index is 2.22. The quantitative estimate of drug-likeness (QED) is 0.795. The van der Waals surface area contributed by atoms with Crippen molar-refractivity contribution in [1.29, 1.82) is 0 Å². The molecule has 0 bridgehead atoms. The van der Waals surface area contributed by atoms with E-state index in [9.17, 15) is 0 Å². The highest BCUT2D eigenvalue weighted by Crippen LogP contribution is 2.34. The number of nitrogens with zero attached hydrogens (tertiary/aromatic N) is 1. The summed E-state index contributed by atoms with van der Waals surface area (Å²) in [5, 5.41) is 5.65. The molecule has 1 heterocycles. The summed E-state index contributed by atoms with van der Waals surface area (Å²) in [6, 6.07) is 8.60. The Morgan fingerprint density at radius 1 is 1.33 bits per heavy atom. The Morgan fingerprint density at radius 3 is 2.67 bits per heavy atom. The van der Waals surface area contributed by atoms with Gasteiger partial charge in [0.25, 0.3) is 0 Å². The number of benzene rings is 1. The van der Waals surface area contributed by atoms with Crippen molar-refractivity contribution < 1.29 is 4.74 Å². The number of methoxy groups -OCH3 is 1. The molecule has 0 radical (unpaired) electrons. The number of halogens is 1. The summed E-state index contributed by atoms with van der Waals surface area (Å²) in [5.41, 5.74) is 2.30. The number of rotatable bonds is 6. The van der Waals surface area contributed by atoms with Gasteiger partial charge in [0.15, 0.2) is 0 Å². The average molecular weight is 369 g/mol. The minimum Gasteiger partial charge on any atom is -0.495 e. The minimum absolute atomic E-state index is 0.225. The fourth-order valence-electron chi connectivity index (χ4n) is 2.24. The third-order valence-electron chi connectivity index (χ3n) is 3.17. The monoisotopic (exact) mass is 368 g/mol. The van der Waals surface area contributed by atoms with E-state index in [0.29, 0.717) is 0 Å². The zero-order valence-corrected chi connectivity index (χ0v) is 15.2. The van der Waals surface area contributed by atoms with Crippen LogP contribution in [0.4, 0.5) is 5.69 Å². The van der Waals surface area contributed by atoms with Crippen LogP contribution in [-0.2, 0) is 6.54 Å². The molecule has 2 rings (SSSR count). The highest BCUT2D eigenvalue weighted by Gasteiger charge is 2.13. The predicted molar refractivity (Wildman–Crippen MR) is 94.4 cm³/mol. The molecule has 114 valence electrons. The largest absolute Gasteiger partial charge is 0.495 e. The first-order valence-electron chi connectivity index (χ1n) is 6.82. The van der Waals surface area contributed by atoms with E-state index in [1.54, 1.807) is 18.4 Å². The molecule has 0 amide bonds. The standard InChI is InChI=1S/C16H21BrN2OS/c1-11(16-13(17)7-8-21-16)18-14-9-12(10-19(2)3)5-6-15(14)20-4/h5-9,11,18H,10H2,1-4H3. The van der Waals surface area contributed by atoms with Gasteiger partial charge >= 0.3 is 0 Å². The molecule has 1 N–H and O–H groups in total. The van der Waals surface area contributed by atoms with Crippen molar-refractivity contribution in [3.8, 4) is 5.75 Å². The van der Waals surface area contributed by atoms with Gasteiger partial charge in [0.2, 0.25) is 0 Å². The lowest BCUT2D eigenvalue weighted by Gasteiger charge is -2.19. The van der Waals surface area contributed by atoms with Gasteiger partial charge in [-0.05, 0) is 66.1 Å². The summed E-state index contributed by atoms with van der Waals surface area (Å²) >= 11 is 5.34. The van der Waals surface area contributed by atoms with E-state index < -0.39 is 0 Å². The zero-order chi connectivity index (χ0) is 15.4. The van der Waals surface area contributed by atoms with Crippen LogP contribution >= 0.6 is 27.3 Å². The summed E-state index contributed by atoms with van der Waals surface area (Å²) < 4.78 is 6.62.